The quantitative estimate of drug-likeness (QED) is 0.866. The molecule has 1 unspecified atom stereocenters. The van der Waals surface area contributed by atoms with E-state index in [1.807, 2.05) is 34.7 Å². The summed E-state index contributed by atoms with van der Waals surface area (Å²) in [4.78, 5) is 18.8. The van der Waals surface area contributed by atoms with Crippen molar-refractivity contribution >= 4 is 17.2 Å². The zero-order valence-corrected chi connectivity index (χ0v) is 12.9. The molecule has 3 rings (SSSR count). The van der Waals surface area contributed by atoms with Crippen LogP contribution in [-0.2, 0) is 11.2 Å². The van der Waals surface area contributed by atoms with Crippen molar-refractivity contribution in [2.75, 3.05) is 13.1 Å². The molecule has 4 heteroatoms. The lowest BCUT2D eigenvalue weighted by Gasteiger charge is -2.32. The van der Waals surface area contributed by atoms with Gasteiger partial charge in [0.2, 0.25) is 5.91 Å². The summed E-state index contributed by atoms with van der Waals surface area (Å²) in [6.07, 6.45) is 5.53. The Balaban J connectivity index is 1.55. The van der Waals surface area contributed by atoms with E-state index in [0.29, 0.717) is 12.3 Å². The van der Waals surface area contributed by atoms with Crippen molar-refractivity contribution in [1.29, 1.82) is 0 Å². The van der Waals surface area contributed by atoms with Crippen LogP contribution >= 0.6 is 11.3 Å². The highest BCUT2D eigenvalue weighted by Gasteiger charge is 2.25. The van der Waals surface area contributed by atoms with E-state index in [2.05, 4.69) is 17.1 Å². The first-order valence-electron chi connectivity index (χ1n) is 7.54. The number of amides is 1. The molecule has 0 spiro atoms. The number of likely N-dealkylation sites (tertiary alicyclic amines) is 1. The van der Waals surface area contributed by atoms with Gasteiger partial charge < -0.3 is 4.90 Å². The van der Waals surface area contributed by atoms with Crippen molar-refractivity contribution in [3.63, 3.8) is 0 Å². The van der Waals surface area contributed by atoms with Crippen LogP contribution in [0.5, 0.6) is 0 Å². The number of hydrogen-bond donors (Lipinski definition) is 0. The van der Waals surface area contributed by atoms with E-state index in [0.717, 1.165) is 32.4 Å². The number of carbonyl (C=O) groups excluding carboxylic acids is 1. The molecule has 0 aliphatic carbocycles. The third-order valence-corrected chi connectivity index (χ3v) is 4.98. The number of benzene rings is 1. The van der Waals surface area contributed by atoms with E-state index >= 15 is 0 Å². The highest BCUT2D eigenvalue weighted by molar-refractivity contribution is 7.09. The highest BCUT2D eigenvalue weighted by atomic mass is 32.1. The van der Waals surface area contributed by atoms with Crippen molar-refractivity contribution in [3.8, 4) is 0 Å². The first kappa shape index (κ1) is 14.3. The van der Waals surface area contributed by atoms with Gasteiger partial charge in [-0.25, -0.2) is 4.98 Å². The summed E-state index contributed by atoms with van der Waals surface area (Å²) in [7, 11) is 0. The van der Waals surface area contributed by atoms with E-state index < -0.39 is 0 Å². The molecule has 1 aliphatic heterocycles. The molecule has 1 aromatic heterocycles. The lowest BCUT2D eigenvalue weighted by atomic mass is 9.98. The lowest BCUT2D eigenvalue weighted by Crippen LogP contribution is -2.39. The standard InChI is InChI=1S/C17H20N2OS/c20-16(9-8-14-5-2-1-3-6-14)19-11-4-7-15(13-19)17-18-10-12-21-17/h1-3,5-6,10,12,15H,4,7-9,11,13H2. The average molecular weight is 300 g/mol. The van der Waals surface area contributed by atoms with Crippen molar-refractivity contribution in [2.45, 2.75) is 31.6 Å². The Morgan fingerprint density at radius 2 is 2.19 bits per heavy atom. The average Bonchev–Trinajstić information content (AvgIpc) is 3.08. The molecule has 110 valence electrons. The summed E-state index contributed by atoms with van der Waals surface area (Å²) in [5.41, 5.74) is 1.24. The van der Waals surface area contributed by atoms with E-state index in [1.54, 1.807) is 11.3 Å². The maximum absolute atomic E-state index is 12.4. The molecule has 1 atom stereocenters. The van der Waals surface area contributed by atoms with Gasteiger partial charge in [0.25, 0.3) is 0 Å². The van der Waals surface area contributed by atoms with Crippen LogP contribution in [0.1, 0.15) is 35.8 Å². The van der Waals surface area contributed by atoms with Crippen molar-refractivity contribution in [2.24, 2.45) is 0 Å². The summed E-state index contributed by atoms with van der Waals surface area (Å²) >= 11 is 1.70. The minimum absolute atomic E-state index is 0.278. The Morgan fingerprint density at radius 1 is 1.33 bits per heavy atom. The molecule has 0 bridgehead atoms. The molecule has 0 saturated carbocycles. The van der Waals surface area contributed by atoms with E-state index in [4.69, 9.17) is 0 Å². The maximum Gasteiger partial charge on any atom is 0.222 e. The molecule has 2 aromatic rings. The Morgan fingerprint density at radius 3 is 2.95 bits per heavy atom. The fourth-order valence-corrected chi connectivity index (χ4v) is 3.66. The van der Waals surface area contributed by atoms with Crippen LogP contribution in [0.3, 0.4) is 0 Å². The smallest absolute Gasteiger partial charge is 0.222 e. The van der Waals surface area contributed by atoms with Crippen molar-refractivity contribution < 1.29 is 4.79 Å². The van der Waals surface area contributed by atoms with Gasteiger partial charge in [-0.15, -0.1) is 11.3 Å². The number of aryl methyl sites for hydroxylation is 1. The maximum atomic E-state index is 12.4. The number of piperidine rings is 1. The lowest BCUT2D eigenvalue weighted by molar-refractivity contribution is -0.132. The van der Waals surface area contributed by atoms with Gasteiger partial charge in [-0.05, 0) is 24.8 Å². The molecular weight excluding hydrogens is 280 g/mol. The highest BCUT2D eigenvalue weighted by Crippen LogP contribution is 2.28. The summed E-state index contributed by atoms with van der Waals surface area (Å²) in [6.45, 7) is 1.73. The minimum Gasteiger partial charge on any atom is -0.342 e. The second kappa shape index (κ2) is 6.85. The number of hydrogen-bond acceptors (Lipinski definition) is 3. The fourth-order valence-electron chi connectivity index (χ4n) is 2.90. The van der Waals surface area contributed by atoms with Crippen LogP contribution < -0.4 is 0 Å². The molecule has 21 heavy (non-hydrogen) atoms. The fraction of sp³-hybridized carbons (Fsp3) is 0.412. The molecule has 0 N–H and O–H groups in total. The second-order valence-corrected chi connectivity index (χ2v) is 6.46. The molecule has 1 amide bonds. The van der Waals surface area contributed by atoms with Gasteiger partial charge in [-0.3, -0.25) is 4.79 Å². The summed E-state index contributed by atoms with van der Waals surface area (Å²) < 4.78 is 0. The van der Waals surface area contributed by atoms with Gasteiger partial charge in [0.1, 0.15) is 0 Å². The normalized spacial score (nSPS) is 18.7. The van der Waals surface area contributed by atoms with Crippen molar-refractivity contribution in [1.82, 2.24) is 9.88 Å². The third kappa shape index (κ3) is 3.70. The van der Waals surface area contributed by atoms with E-state index in [-0.39, 0.29) is 5.91 Å². The predicted molar refractivity (Wildman–Crippen MR) is 85.4 cm³/mol. The zero-order valence-electron chi connectivity index (χ0n) is 12.1. The number of rotatable bonds is 4. The van der Waals surface area contributed by atoms with Gasteiger partial charge in [-0.1, -0.05) is 30.3 Å². The topological polar surface area (TPSA) is 33.2 Å². The molecule has 1 aromatic carbocycles. The molecule has 2 heterocycles. The van der Waals surface area contributed by atoms with Gasteiger partial charge in [0.15, 0.2) is 0 Å². The van der Waals surface area contributed by atoms with Gasteiger partial charge >= 0.3 is 0 Å². The molecule has 1 fully saturated rings. The van der Waals surface area contributed by atoms with E-state index in [9.17, 15) is 4.79 Å². The largest absolute Gasteiger partial charge is 0.342 e. The van der Waals surface area contributed by atoms with E-state index in [1.165, 1.54) is 10.6 Å². The minimum atomic E-state index is 0.278. The first-order valence-corrected chi connectivity index (χ1v) is 8.42. The van der Waals surface area contributed by atoms with Crippen LogP contribution in [0.25, 0.3) is 0 Å². The molecule has 1 aliphatic rings. The Bertz CT molecular complexity index is 568. The molecule has 3 nitrogen and oxygen atoms in total. The molecule has 0 radical (unpaired) electrons. The van der Waals surface area contributed by atoms with Gasteiger partial charge in [-0.2, -0.15) is 0 Å². The number of aromatic nitrogens is 1. The summed E-state index contributed by atoms with van der Waals surface area (Å²) in [5.74, 6) is 0.708. The Kier molecular flexibility index (Phi) is 4.65. The number of thiazole rings is 1. The van der Waals surface area contributed by atoms with Crippen LogP contribution in [0, 0.1) is 0 Å². The predicted octanol–water partition coefficient (Wildman–Crippen LogP) is 3.48. The second-order valence-electron chi connectivity index (χ2n) is 5.53. The summed E-state index contributed by atoms with van der Waals surface area (Å²) in [6, 6.07) is 10.2. The van der Waals surface area contributed by atoms with Gasteiger partial charge in [0.05, 0.1) is 5.01 Å². The van der Waals surface area contributed by atoms with Crippen LogP contribution in [0.15, 0.2) is 41.9 Å². The SMILES string of the molecule is O=C(CCc1ccccc1)N1CCCC(c2nccs2)C1. The van der Waals surface area contributed by atoms with Gasteiger partial charge in [0, 0.05) is 37.0 Å². The Hall–Kier alpha value is -1.68. The Labute approximate surface area is 129 Å². The summed E-state index contributed by atoms with van der Waals surface area (Å²) in [5, 5.41) is 3.20. The monoisotopic (exact) mass is 300 g/mol. The van der Waals surface area contributed by atoms with Crippen LogP contribution in [0.4, 0.5) is 0 Å². The van der Waals surface area contributed by atoms with Crippen LogP contribution in [0.2, 0.25) is 0 Å². The molecular formula is C17H20N2OS. The number of nitrogens with zero attached hydrogens (tertiary/aromatic N) is 2. The van der Waals surface area contributed by atoms with Crippen molar-refractivity contribution in [3.05, 3.63) is 52.5 Å². The first-order chi connectivity index (χ1) is 10.3. The zero-order chi connectivity index (χ0) is 14.5. The molecule has 1 saturated heterocycles. The third-order valence-electron chi connectivity index (χ3n) is 4.05. The number of carbonyl (C=O) groups is 1. The van der Waals surface area contributed by atoms with Crippen LogP contribution in [-0.4, -0.2) is 28.9 Å².